The van der Waals surface area contributed by atoms with Gasteiger partial charge < -0.3 is 14.9 Å². The van der Waals surface area contributed by atoms with Crippen molar-refractivity contribution in [1.82, 2.24) is 4.90 Å². The third-order valence-electron chi connectivity index (χ3n) is 3.68. The summed E-state index contributed by atoms with van der Waals surface area (Å²) in [6, 6.07) is 5.57. The van der Waals surface area contributed by atoms with E-state index in [-0.39, 0.29) is 0 Å². The van der Waals surface area contributed by atoms with Crippen LogP contribution in [0.25, 0.3) is 6.08 Å². The molecule has 1 fully saturated rings. The Morgan fingerprint density at radius 2 is 2.29 bits per heavy atom. The number of ether oxygens (including phenoxy) is 1. The van der Waals surface area contributed by atoms with Gasteiger partial charge in [-0.15, -0.1) is 0 Å². The minimum Gasteiger partial charge on any atom is -0.497 e. The van der Waals surface area contributed by atoms with Gasteiger partial charge in [0.2, 0.25) is 0 Å². The molecule has 1 atom stereocenters. The van der Waals surface area contributed by atoms with Crippen molar-refractivity contribution in [3.8, 4) is 5.75 Å². The maximum atomic E-state index is 10.7. The van der Waals surface area contributed by atoms with E-state index in [1.54, 1.807) is 13.2 Å². The van der Waals surface area contributed by atoms with Crippen LogP contribution in [0.5, 0.6) is 5.75 Å². The van der Waals surface area contributed by atoms with Gasteiger partial charge in [-0.3, -0.25) is 4.90 Å². The van der Waals surface area contributed by atoms with E-state index in [0.29, 0.717) is 13.1 Å². The van der Waals surface area contributed by atoms with Gasteiger partial charge in [0.05, 0.1) is 12.7 Å². The fourth-order valence-corrected chi connectivity index (χ4v) is 2.58. The summed E-state index contributed by atoms with van der Waals surface area (Å²) in [7, 11) is 1.60. The summed E-state index contributed by atoms with van der Waals surface area (Å²) in [6.45, 7) is 3.94. The molecule has 1 saturated heterocycles. The van der Waals surface area contributed by atoms with Gasteiger partial charge in [-0.05, 0) is 42.7 Å². The highest BCUT2D eigenvalue weighted by atomic mass is 16.5. The molecule has 21 heavy (non-hydrogen) atoms. The Bertz CT molecular complexity index is 551. The first-order valence-electron chi connectivity index (χ1n) is 6.92. The van der Waals surface area contributed by atoms with Crippen molar-refractivity contribution in [1.29, 1.82) is 0 Å². The number of carbonyl (C=O) groups is 1. The molecule has 1 aliphatic rings. The Balaban J connectivity index is 2.21. The highest BCUT2D eigenvalue weighted by Gasteiger charge is 2.31. The van der Waals surface area contributed by atoms with Gasteiger partial charge in [-0.1, -0.05) is 6.07 Å². The van der Waals surface area contributed by atoms with Crippen LogP contribution in [0.15, 0.2) is 24.3 Å². The SMILES string of the molecule is COc1ccc(/C=C/C(=O)O)c(CN2CCC(C)(O)C2)c1. The summed E-state index contributed by atoms with van der Waals surface area (Å²) < 4.78 is 5.23. The first-order chi connectivity index (χ1) is 9.89. The summed E-state index contributed by atoms with van der Waals surface area (Å²) in [5.41, 5.74) is 1.20. The van der Waals surface area contributed by atoms with Crippen molar-refractivity contribution in [2.45, 2.75) is 25.5 Å². The van der Waals surface area contributed by atoms with Crippen LogP contribution in [0.4, 0.5) is 0 Å². The summed E-state index contributed by atoms with van der Waals surface area (Å²) in [4.78, 5) is 12.8. The van der Waals surface area contributed by atoms with E-state index < -0.39 is 11.6 Å². The average molecular weight is 291 g/mol. The Labute approximate surface area is 124 Å². The second-order valence-corrected chi connectivity index (χ2v) is 5.69. The molecule has 5 nitrogen and oxygen atoms in total. The van der Waals surface area contributed by atoms with Gasteiger partial charge in [0.25, 0.3) is 0 Å². The summed E-state index contributed by atoms with van der Waals surface area (Å²) >= 11 is 0. The minimum atomic E-state index is -0.971. The number of methoxy groups -OCH3 is 1. The predicted molar refractivity (Wildman–Crippen MR) is 80.2 cm³/mol. The average Bonchev–Trinajstić information content (AvgIpc) is 2.76. The van der Waals surface area contributed by atoms with Crippen LogP contribution in [-0.2, 0) is 11.3 Å². The molecule has 0 aromatic heterocycles. The number of benzene rings is 1. The molecule has 5 heteroatoms. The fourth-order valence-electron chi connectivity index (χ4n) is 2.58. The predicted octanol–water partition coefficient (Wildman–Crippen LogP) is 1.75. The van der Waals surface area contributed by atoms with E-state index in [1.807, 2.05) is 25.1 Å². The van der Waals surface area contributed by atoms with Crippen molar-refractivity contribution < 1.29 is 19.7 Å². The van der Waals surface area contributed by atoms with Gasteiger partial charge in [-0.2, -0.15) is 0 Å². The molecule has 1 heterocycles. The molecule has 1 aromatic carbocycles. The van der Waals surface area contributed by atoms with E-state index in [4.69, 9.17) is 9.84 Å². The van der Waals surface area contributed by atoms with Crippen molar-refractivity contribution >= 4 is 12.0 Å². The van der Waals surface area contributed by atoms with Crippen LogP contribution in [0.1, 0.15) is 24.5 Å². The fraction of sp³-hybridized carbons (Fsp3) is 0.438. The molecule has 0 saturated carbocycles. The van der Waals surface area contributed by atoms with E-state index in [0.717, 1.165) is 35.9 Å². The van der Waals surface area contributed by atoms with Crippen molar-refractivity contribution in [2.75, 3.05) is 20.2 Å². The number of likely N-dealkylation sites (tertiary alicyclic amines) is 1. The first-order valence-corrected chi connectivity index (χ1v) is 6.92. The topological polar surface area (TPSA) is 70.0 Å². The highest BCUT2D eigenvalue weighted by Crippen LogP contribution is 2.25. The molecular weight excluding hydrogens is 270 g/mol. The maximum absolute atomic E-state index is 10.7. The Kier molecular flexibility index (Phi) is 4.65. The standard InChI is InChI=1S/C16H21NO4/c1-16(20)7-8-17(11-16)10-13-9-14(21-2)5-3-12(13)4-6-15(18)19/h3-6,9,20H,7-8,10-11H2,1-2H3,(H,18,19)/b6-4+. The summed E-state index contributed by atoms with van der Waals surface area (Å²) in [5, 5.41) is 18.8. The number of hydrogen-bond acceptors (Lipinski definition) is 4. The second kappa shape index (κ2) is 6.28. The van der Waals surface area contributed by atoms with Crippen LogP contribution in [0.2, 0.25) is 0 Å². The Morgan fingerprint density at radius 1 is 1.52 bits per heavy atom. The zero-order valence-corrected chi connectivity index (χ0v) is 12.4. The molecule has 114 valence electrons. The molecule has 2 N–H and O–H groups in total. The molecule has 0 bridgehead atoms. The van der Waals surface area contributed by atoms with Gasteiger partial charge in [-0.25, -0.2) is 4.79 Å². The Hall–Kier alpha value is -1.85. The monoisotopic (exact) mass is 291 g/mol. The quantitative estimate of drug-likeness (QED) is 0.809. The van der Waals surface area contributed by atoms with Gasteiger partial charge in [0.1, 0.15) is 5.75 Å². The smallest absolute Gasteiger partial charge is 0.328 e. The van der Waals surface area contributed by atoms with E-state index >= 15 is 0 Å². The highest BCUT2D eigenvalue weighted by molar-refractivity contribution is 5.85. The largest absolute Gasteiger partial charge is 0.497 e. The number of aliphatic hydroxyl groups is 1. The summed E-state index contributed by atoms with van der Waals surface area (Å²) in [5.74, 6) is -0.232. The maximum Gasteiger partial charge on any atom is 0.328 e. The first kappa shape index (κ1) is 15.5. The van der Waals surface area contributed by atoms with Crippen molar-refractivity contribution in [3.05, 3.63) is 35.4 Å². The van der Waals surface area contributed by atoms with Gasteiger partial charge in [0.15, 0.2) is 0 Å². The zero-order valence-electron chi connectivity index (χ0n) is 12.4. The van der Waals surface area contributed by atoms with E-state index in [2.05, 4.69) is 4.90 Å². The van der Waals surface area contributed by atoms with Crippen molar-refractivity contribution in [2.24, 2.45) is 0 Å². The number of hydrogen-bond donors (Lipinski definition) is 2. The zero-order chi connectivity index (χ0) is 15.5. The number of β-amino-alcohol motifs (C(OH)–C–C–N with tert-alkyl or cyclic N) is 1. The normalized spacial score (nSPS) is 22.8. The number of carboxylic acid groups (broad SMARTS) is 1. The van der Waals surface area contributed by atoms with Crippen LogP contribution in [-0.4, -0.2) is 46.9 Å². The van der Waals surface area contributed by atoms with Crippen LogP contribution in [0, 0.1) is 0 Å². The Morgan fingerprint density at radius 3 is 2.86 bits per heavy atom. The van der Waals surface area contributed by atoms with E-state index in [1.165, 1.54) is 0 Å². The number of rotatable bonds is 5. The second-order valence-electron chi connectivity index (χ2n) is 5.69. The lowest BCUT2D eigenvalue weighted by atomic mass is 10.1. The minimum absolute atomic E-state index is 0.617. The molecule has 1 aromatic rings. The van der Waals surface area contributed by atoms with Crippen LogP contribution >= 0.6 is 0 Å². The molecule has 0 amide bonds. The lowest BCUT2D eigenvalue weighted by Gasteiger charge is -2.20. The molecular formula is C16H21NO4. The number of aliphatic carboxylic acids is 1. The molecule has 2 rings (SSSR count). The summed E-state index contributed by atoms with van der Waals surface area (Å²) in [6.07, 6.45) is 3.47. The molecule has 1 aliphatic heterocycles. The third kappa shape index (κ3) is 4.31. The van der Waals surface area contributed by atoms with Crippen LogP contribution < -0.4 is 4.74 Å². The van der Waals surface area contributed by atoms with Gasteiger partial charge >= 0.3 is 5.97 Å². The van der Waals surface area contributed by atoms with E-state index in [9.17, 15) is 9.90 Å². The molecule has 0 aliphatic carbocycles. The van der Waals surface area contributed by atoms with Crippen LogP contribution in [0.3, 0.4) is 0 Å². The molecule has 0 spiro atoms. The third-order valence-corrected chi connectivity index (χ3v) is 3.68. The van der Waals surface area contributed by atoms with Crippen molar-refractivity contribution in [3.63, 3.8) is 0 Å². The molecule has 1 unspecified atom stereocenters. The lowest BCUT2D eigenvalue weighted by molar-refractivity contribution is -0.131. The number of nitrogens with zero attached hydrogens (tertiary/aromatic N) is 1. The van der Waals surface area contributed by atoms with Gasteiger partial charge in [0, 0.05) is 25.7 Å². The lowest BCUT2D eigenvalue weighted by Crippen LogP contribution is -2.29. The number of carboxylic acids is 1. The molecule has 0 radical (unpaired) electrons.